The van der Waals surface area contributed by atoms with Gasteiger partial charge in [0.15, 0.2) is 0 Å². The van der Waals surface area contributed by atoms with Crippen LogP contribution in [0.4, 0.5) is 0 Å². The van der Waals surface area contributed by atoms with E-state index in [1.54, 1.807) is 0 Å². The van der Waals surface area contributed by atoms with Crippen molar-refractivity contribution in [1.82, 2.24) is 4.90 Å². The quantitative estimate of drug-likeness (QED) is 0.761. The number of carboxylic acids is 1. The summed E-state index contributed by atoms with van der Waals surface area (Å²) < 4.78 is 0. The van der Waals surface area contributed by atoms with Crippen LogP contribution in [0.2, 0.25) is 0 Å². The lowest BCUT2D eigenvalue weighted by molar-refractivity contribution is -0.137. The zero-order valence-electron chi connectivity index (χ0n) is 9.91. The molecule has 3 nitrogen and oxygen atoms in total. The molecule has 1 saturated heterocycles. The molecule has 1 aliphatic rings. The van der Waals surface area contributed by atoms with Gasteiger partial charge in [-0.2, -0.15) is 0 Å². The van der Waals surface area contributed by atoms with Crippen LogP contribution in [-0.2, 0) is 4.79 Å². The van der Waals surface area contributed by atoms with Crippen LogP contribution in [0.1, 0.15) is 39.5 Å². The second-order valence-corrected chi connectivity index (χ2v) is 5.08. The van der Waals surface area contributed by atoms with Gasteiger partial charge in [-0.05, 0) is 37.6 Å². The van der Waals surface area contributed by atoms with Crippen molar-refractivity contribution in [2.45, 2.75) is 39.5 Å². The molecule has 1 rings (SSSR count). The first-order valence-corrected chi connectivity index (χ1v) is 6.02. The van der Waals surface area contributed by atoms with E-state index >= 15 is 0 Å². The maximum atomic E-state index is 10.5. The first kappa shape index (κ1) is 12.5. The van der Waals surface area contributed by atoms with E-state index in [4.69, 9.17) is 5.11 Å². The van der Waals surface area contributed by atoms with Crippen molar-refractivity contribution in [2.75, 3.05) is 19.6 Å². The second kappa shape index (κ2) is 6.11. The Labute approximate surface area is 92.5 Å². The average molecular weight is 213 g/mol. The van der Waals surface area contributed by atoms with Crippen LogP contribution in [-0.4, -0.2) is 35.6 Å². The lowest BCUT2D eigenvalue weighted by Crippen LogP contribution is -2.37. The summed E-state index contributed by atoms with van der Waals surface area (Å²) in [6, 6.07) is 0. The van der Waals surface area contributed by atoms with Crippen molar-refractivity contribution in [3.63, 3.8) is 0 Å². The zero-order valence-corrected chi connectivity index (χ0v) is 9.91. The van der Waals surface area contributed by atoms with E-state index in [-0.39, 0.29) is 6.42 Å². The third kappa shape index (κ3) is 5.17. The van der Waals surface area contributed by atoms with Crippen molar-refractivity contribution < 1.29 is 9.90 Å². The Morgan fingerprint density at radius 3 is 2.87 bits per heavy atom. The van der Waals surface area contributed by atoms with Crippen molar-refractivity contribution >= 4 is 5.97 Å². The Bertz CT molecular complexity index is 204. The van der Waals surface area contributed by atoms with Gasteiger partial charge in [-0.3, -0.25) is 4.79 Å². The fourth-order valence-corrected chi connectivity index (χ4v) is 2.47. The highest BCUT2D eigenvalue weighted by atomic mass is 16.4. The molecule has 1 fully saturated rings. The molecule has 15 heavy (non-hydrogen) atoms. The van der Waals surface area contributed by atoms with Crippen LogP contribution >= 0.6 is 0 Å². The summed E-state index contributed by atoms with van der Waals surface area (Å²) in [4.78, 5) is 12.8. The molecule has 0 aromatic carbocycles. The number of likely N-dealkylation sites (tertiary alicyclic amines) is 1. The van der Waals surface area contributed by atoms with Gasteiger partial charge in [0.05, 0.1) is 6.42 Å². The topological polar surface area (TPSA) is 40.5 Å². The molecule has 0 saturated carbocycles. The molecule has 0 aliphatic carbocycles. The predicted molar refractivity (Wildman–Crippen MR) is 60.9 cm³/mol. The minimum Gasteiger partial charge on any atom is -0.481 e. The number of carboxylic acid groups (broad SMARTS) is 1. The summed E-state index contributed by atoms with van der Waals surface area (Å²) in [6.45, 7) is 7.43. The van der Waals surface area contributed by atoms with Gasteiger partial charge in [0.2, 0.25) is 0 Å². The van der Waals surface area contributed by atoms with E-state index in [1.165, 1.54) is 19.3 Å². The van der Waals surface area contributed by atoms with Crippen molar-refractivity contribution in [2.24, 2.45) is 11.8 Å². The molecule has 0 radical (unpaired) electrons. The standard InChI is InChI=1S/C12H23NO2/c1-10(2)8-11-4-3-6-13(9-11)7-5-12(14)15/h10-11H,3-9H2,1-2H3,(H,14,15). The van der Waals surface area contributed by atoms with Gasteiger partial charge in [-0.15, -0.1) is 0 Å². The third-order valence-electron chi connectivity index (χ3n) is 3.05. The Hall–Kier alpha value is -0.570. The molecular formula is C12H23NO2. The van der Waals surface area contributed by atoms with Crippen LogP contribution in [0, 0.1) is 11.8 Å². The van der Waals surface area contributed by atoms with E-state index in [2.05, 4.69) is 18.7 Å². The van der Waals surface area contributed by atoms with Crippen LogP contribution < -0.4 is 0 Å². The number of hydrogen-bond donors (Lipinski definition) is 1. The molecule has 0 spiro atoms. The first-order valence-electron chi connectivity index (χ1n) is 6.02. The monoisotopic (exact) mass is 213 g/mol. The van der Waals surface area contributed by atoms with Crippen molar-refractivity contribution in [1.29, 1.82) is 0 Å². The fourth-order valence-electron chi connectivity index (χ4n) is 2.47. The molecule has 1 heterocycles. The second-order valence-electron chi connectivity index (χ2n) is 5.08. The molecule has 1 unspecified atom stereocenters. The maximum Gasteiger partial charge on any atom is 0.304 e. The summed E-state index contributed by atoms with van der Waals surface area (Å²) in [7, 11) is 0. The SMILES string of the molecule is CC(C)CC1CCCN(CCC(=O)O)C1. The van der Waals surface area contributed by atoms with E-state index < -0.39 is 5.97 Å². The summed E-state index contributed by atoms with van der Waals surface area (Å²) in [5.74, 6) is 0.864. The lowest BCUT2D eigenvalue weighted by atomic mass is 9.90. The van der Waals surface area contributed by atoms with Crippen LogP contribution in [0.5, 0.6) is 0 Å². The zero-order chi connectivity index (χ0) is 11.3. The Morgan fingerprint density at radius 2 is 2.27 bits per heavy atom. The number of aliphatic carboxylic acids is 1. The first-order chi connectivity index (χ1) is 7.08. The summed E-state index contributed by atoms with van der Waals surface area (Å²) in [5, 5.41) is 8.63. The highest BCUT2D eigenvalue weighted by Crippen LogP contribution is 2.22. The normalized spacial score (nSPS) is 23.3. The highest BCUT2D eigenvalue weighted by molar-refractivity contribution is 5.66. The highest BCUT2D eigenvalue weighted by Gasteiger charge is 2.20. The number of nitrogens with zero attached hydrogens (tertiary/aromatic N) is 1. The van der Waals surface area contributed by atoms with E-state index in [9.17, 15) is 4.79 Å². The molecule has 88 valence electrons. The van der Waals surface area contributed by atoms with Gasteiger partial charge < -0.3 is 10.0 Å². The van der Waals surface area contributed by atoms with Crippen molar-refractivity contribution in [3.8, 4) is 0 Å². The summed E-state index contributed by atoms with van der Waals surface area (Å²) in [5.41, 5.74) is 0. The Morgan fingerprint density at radius 1 is 1.53 bits per heavy atom. The van der Waals surface area contributed by atoms with Crippen LogP contribution in [0.25, 0.3) is 0 Å². The summed E-state index contributed by atoms with van der Waals surface area (Å²) in [6.07, 6.45) is 4.12. The molecule has 0 aromatic heterocycles. The fraction of sp³-hybridized carbons (Fsp3) is 0.917. The Balaban J connectivity index is 2.25. The largest absolute Gasteiger partial charge is 0.481 e. The predicted octanol–water partition coefficient (Wildman–Crippen LogP) is 2.22. The molecule has 1 atom stereocenters. The van der Waals surface area contributed by atoms with Crippen molar-refractivity contribution in [3.05, 3.63) is 0 Å². The average Bonchev–Trinajstić information content (AvgIpc) is 2.14. The molecule has 0 aromatic rings. The van der Waals surface area contributed by atoms with Crippen LogP contribution in [0.15, 0.2) is 0 Å². The van der Waals surface area contributed by atoms with E-state index in [0.29, 0.717) is 0 Å². The van der Waals surface area contributed by atoms with Gasteiger partial charge in [-0.25, -0.2) is 0 Å². The maximum absolute atomic E-state index is 10.5. The molecule has 1 N–H and O–H groups in total. The number of carbonyl (C=O) groups is 1. The van der Waals surface area contributed by atoms with E-state index in [0.717, 1.165) is 31.5 Å². The van der Waals surface area contributed by atoms with Gasteiger partial charge >= 0.3 is 5.97 Å². The van der Waals surface area contributed by atoms with Crippen LogP contribution in [0.3, 0.4) is 0 Å². The number of rotatable bonds is 5. The number of hydrogen-bond acceptors (Lipinski definition) is 2. The minimum absolute atomic E-state index is 0.286. The molecular weight excluding hydrogens is 190 g/mol. The van der Waals surface area contributed by atoms with Gasteiger partial charge in [-0.1, -0.05) is 13.8 Å². The van der Waals surface area contributed by atoms with Gasteiger partial charge in [0, 0.05) is 13.1 Å². The molecule has 0 bridgehead atoms. The van der Waals surface area contributed by atoms with E-state index in [1.807, 2.05) is 0 Å². The number of piperidine rings is 1. The molecule has 3 heteroatoms. The van der Waals surface area contributed by atoms with Gasteiger partial charge in [0.1, 0.15) is 0 Å². The van der Waals surface area contributed by atoms with Gasteiger partial charge in [0.25, 0.3) is 0 Å². The smallest absolute Gasteiger partial charge is 0.304 e. The molecule has 1 aliphatic heterocycles. The Kier molecular flexibility index (Phi) is 5.09. The summed E-state index contributed by atoms with van der Waals surface area (Å²) >= 11 is 0. The lowest BCUT2D eigenvalue weighted by Gasteiger charge is -2.33. The third-order valence-corrected chi connectivity index (χ3v) is 3.05. The minimum atomic E-state index is -0.680. The molecule has 0 amide bonds.